The zero-order valence-electron chi connectivity index (χ0n) is 22.3. The summed E-state index contributed by atoms with van der Waals surface area (Å²) in [7, 11) is 0. The number of ether oxygens (including phenoxy) is 2. The summed E-state index contributed by atoms with van der Waals surface area (Å²) in [6.45, 7) is 8.78. The van der Waals surface area contributed by atoms with Crippen molar-refractivity contribution in [3.05, 3.63) is 94.3 Å². The second-order valence-electron chi connectivity index (χ2n) is 9.14. The first-order valence-corrected chi connectivity index (χ1v) is 13.0. The fourth-order valence-electron chi connectivity index (χ4n) is 4.73. The van der Waals surface area contributed by atoms with Gasteiger partial charge >= 0.3 is 0 Å². The van der Waals surface area contributed by atoms with Crippen LogP contribution in [0.25, 0.3) is 23.5 Å². The summed E-state index contributed by atoms with van der Waals surface area (Å²) >= 11 is 0. The molecule has 4 aromatic rings. The quantitative estimate of drug-likeness (QED) is 0.261. The molecule has 2 aromatic carbocycles. The molecule has 0 amide bonds. The molecule has 38 heavy (non-hydrogen) atoms. The van der Waals surface area contributed by atoms with Crippen LogP contribution in [0.3, 0.4) is 0 Å². The van der Waals surface area contributed by atoms with Gasteiger partial charge in [0.1, 0.15) is 0 Å². The van der Waals surface area contributed by atoms with Crippen molar-refractivity contribution in [1.82, 2.24) is 19.6 Å². The summed E-state index contributed by atoms with van der Waals surface area (Å²) in [4.78, 5) is 13.6. The fraction of sp³-hybridized carbons (Fsp3) is 0.258. The van der Waals surface area contributed by atoms with Crippen molar-refractivity contribution in [2.75, 3.05) is 13.2 Å². The molecule has 1 fully saturated rings. The molecular weight excluding hydrogens is 476 g/mol. The third kappa shape index (κ3) is 4.79. The third-order valence-corrected chi connectivity index (χ3v) is 6.57. The van der Waals surface area contributed by atoms with Gasteiger partial charge in [0.2, 0.25) is 11.8 Å². The second kappa shape index (κ2) is 10.9. The van der Waals surface area contributed by atoms with Gasteiger partial charge < -0.3 is 9.47 Å². The molecule has 0 saturated heterocycles. The molecule has 1 aliphatic carbocycles. The van der Waals surface area contributed by atoms with Gasteiger partial charge in [-0.2, -0.15) is 10.2 Å². The van der Waals surface area contributed by atoms with Crippen LogP contribution in [0.2, 0.25) is 0 Å². The number of para-hydroxylation sites is 2. The Bertz CT molecular complexity index is 1400. The molecule has 0 atom stereocenters. The van der Waals surface area contributed by atoms with E-state index < -0.39 is 0 Å². The first-order chi connectivity index (χ1) is 18.5. The fourth-order valence-corrected chi connectivity index (χ4v) is 4.73. The van der Waals surface area contributed by atoms with Gasteiger partial charge in [-0.25, -0.2) is 9.36 Å². The lowest BCUT2D eigenvalue weighted by molar-refractivity contribution is -0.111. The average molecular weight is 509 g/mol. The van der Waals surface area contributed by atoms with Crippen LogP contribution in [0.5, 0.6) is 11.8 Å². The van der Waals surface area contributed by atoms with E-state index in [4.69, 9.17) is 19.7 Å². The highest BCUT2D eigenvalue weighted by Gasteiger charge is 2.27. The molecule has 1 saturated carbocycles. The third-order valence-electron chi connectivity index (χ3n) is 6.57. The minimum Gasteiger partial charge on any atom is -0.477 e. The van der Waals surface area contributed by atoms with Crippen LogP contribution in [0.15, 0.2) is 71.8 Å². The maximum absolute atomic E-state index is 13.6. The van der Waals surface area contributed by atoms with Gasteiger partial charge in [-0.15, -0.1) is 0 Å². The standard InChI is InChI=1S/C31H32N4O3/c1-5-37-30-27(21(3)32-34(30)25-13-9-7-10-14-25)19-23-17-18-24(29(23)36)20-28-22(4)33-35(31(28)38-6-2)26-15-11-8-12-16-26/h7-16,19-20H,5-6,17-18H2,1-4H3/b23-19+,24-20+. The molecule has 1 aliphatic rings. The van der Waals surface area contributed by atoms with Gasteiger partial charge in [0.25, 0.3) is 0 Å². The Morgan fingerprint density at radius 1 is 0.711 bits per heavy atom. The highest BCUT2D eigenvalue weighted by Crippen LogP contribution is 2.36. The predicted octanol–water partition coefficient (Wildman–Crippen LogP) is 6.30. The maximum Gasteiger partial charge on any atom is 0.224 e. The first-order valence-electron chi connectivity index (χ1n) is 13.0. The van der Waals surface area contributed by atoms with Crippen LogP contribution in [0, 0.1) is 13.8 Å². The van der Waals surface area contributed by atoms with Crippen LogP contribution >= 0.6 is 0 Å². The van der Waals surface area contributed by atoms with Gasteiger partial charge in [-0.05, 0) is 77.0 Å². The number of aromatic nitrogens is 4. The maximum atomic E-state index is 13.6. The number of carbonyl (C=O) groups excluding carboxylic acids is 1. The Morgan fingerprint density at radius 2 is 1.11 bits per heavy atom. The number of aryl methyl sites for hydroxylation is 2. The highest BCUT2D eigenvalue weighted by molar-refractivity contribution is 6.15. The van der Waals surface area contributed by atoms with Crippen molar-refractivity contribution in [2.45, 2.75) is 40.5 Å². The van der Waals surface area contributed by atoms with Crippen molar-refractivity contribution in [2.24, 2.45) is 0 Å². The minimum absolute atomic E-state index is 0.0358. The number of ketones is 1. The van der Waals surface area contributed by atoms with Crippen molar-refractivity contribution in [1.29, 1.82) is 0 Å². The van der Waals surface area contributed by atoms with E-state index in [1.54, 1.807) is 9.36 Å². The number of hydrogen-bond donors (Lipinski definition) is 0. The van der Waals surface area contributed by atoms with Crippen molar-refractivity contribution in [3.63, 3.8) is 0 Å². The van der Waals surface area contributed by atoms with Gasteiger partial charge in [0.15, 0.2) is 5.78 Å². The predicted molar refractivity (Wildman–Crippen MR) is 149 cm³/mol. The highest BCUT2D eigenvalue weighted by atomic mass is 16.5. The smallest absolute Gasteiger partial charge is 0.224 e. The van der Waals surface area contributed by atoms with Crippen molar-refractivity contribution in [3.8, 4) is 23.1 Å². The summed E-state index contributed by atoms with van der Waals surface area (Å²) in [5.74, 6) is 1.33. The average Bonchev–Trinajstić information content (AvgIpc) is 3.55. The molecule has 0 N–H and O–H groups in total. The normalized spacial score (nSPS) is 15.5. The van der Waals surface area contributed by atoms with E-state index in [1.807, 2.05) is 101 Å². The van der Waals surface area contributed by atoms with Crippen molar-refractivity contribution < 1.29 is 14.3 Å². The lowest BCUT2D eigenvalue weighted by Gasteiger charge is -2.09. The summed E-state index contributed by atoms with van der Waals surface area (Å²) in [6.07, 6.45) is 5.20. The number of benzene rings is 2. The zero-order valence-corrected chi connectivity index (χ0v) is 22.3. The topological polar surface area (TPSA) is 71.2 Å². The molecule has 7 nitrogen and oxygen atoms in total. The largest absolute Gasteiger partial charge is 0.477 e. The summed E-state index contributed by atoms with van der Waals surface area (Å²) in [5.41, 5.74) is 6.62. The first kappa shape index (κ1) is 25.3. The van der Waals surface area contributed by atoms with Crippen LogP contribution in [0.1, 0.15) is 49.2 Å². The molecule has 194 valence electrons. The lowest BCUT2D eigenvalue weighted by Crippen LogP contribution is -2.03. The van der Waals surface area contributed by atoms with E-state index in [0.29, 0.717) is 37.8 Å². The number of carbonyl (C=O) groups is 1. The number of hydrogen-bond acceptors (Lipinski definition) is 5. The second-order valence-corrected chi connectivity index (χ2v) is 9.14. The zero-order chi connectivity index (χ0) is 26.6. The monoisotopic (exact) mass is 508 g/mol. The van der Waals surface area contributed by atoms with E-state index >= 15 is 0 Å². The molecular formula is C31H32N4O3. The van der Waals surface area contributed by atoms with E-state index in [1.165, 1.54) is 0 Å². The molecule has 2 aromatic heterocycles. The minimum atomic E-state index is 0.0358. The molecule has 0 radical (unpaired) electrons. The Labute approximate surface area is 223 Å². The van der Waals surface area contributed by atoms with E-state index in [-0.39, 0.29) is 5.78 Å². The van der Waals surface area contributed by atoms with Gasteiger partial charge in [-0.3, -0.25) is 4.79 Å². The van der Waals surface area contributed by atoms with Crippen LogP contribution in [-0.4, -0.2) is 38.6 Å². The number of nitrogens with zero attached hydrogens (tertiary/aromatic N) is 4. The summed E-state index contributed by atoms with van der Waals surface area (Å²) in [5, 5.41) is 9.44. The molecule has 5 rings (SSSR count). The molecule has 0 bridgehead atoms. The van der Waals surface area contributed by atoms with Crippen LogP contribution in [-0.2, 0) is 4.79 Å². The van der Waals surface area contributed by atoms with Crippen molar-refractivity contribution >= 4 is 17.9 Å². The summed E-state index contributed by atoms with van der Waals surface area (Å²) in [6, 6.07) is 19.8. The molecule has 0 aliphatic heterocycles. The van der Waals surface area contributed by atoms with E-state index in [2.05, 4.69) is 0 Å². The van der Waals surface area contributed by atoms with E-state index in [9.17, 15) is 4.79 Å². The number of Topliss-reactive ketones (excluding diaryl/α,β-unsaturated/α-hetero) is 1. The molecule has 0 spiro atoms. The Morgan fingerprint density at radius 3 is 1.47 bits per heavy atom. The lowest BCUT2D eigenvalue weighted by atomic mass is 10.1. The Hall–Kier alpha value is -4.39. The van der Waals surface area contributed by atoms with Crippen LogP contribution in [0.4, 0.5) is 0 Å². The number of rotatable bonds is 8. The van der Waals surface area contributed by atoms with Crippen LogP contribution < -0.4 is 9.47 Å². The van der Waals surface area contributed by atoms with E-state index in [0.717, 1.165) is 45.0 Å². The molecule has 0 unspecified atom stereocenters. The Balaban J connectivity index is 1.51. The number of allylic oxidation sites excluding steroid dienone is 2. The molecule has 2 heterocycles. The van der Waals surface area contributed by atoms with Gasteiger partial charge in [0, 0.05) is 11.1 Å². The Kier molecular flexibility index (Phi) is 7.26. The summed E-state index contributed by atoms with van der Waals surface area (Å²) < 4.78 is 15.6. The van der Waals surface area contributed by atoms with Gasteiger partial charge in [-0.1, -0.05) is 36.4 Å². The van der Waals surface area contributed by atoms with Gasteiger partial charge in [0.05, 0.1) is 47.1 Å². The SMILES string of the molecule is CCOc1c(/C=C2\CC/C(=C\c3c(C)nn(-c4ccccc4)c3OCC)C2=O)c(C)nn1-c1ccccc1. The molecule has 7 heteroatoms.